The molecule has 80 valence electrons. The summed E-state index contributed by atoms with van der Waals surface area (Å²) < 4.78 is 0. The molecule has 2 N–H and O–H groups in total. The van der Waals surface area contributed by atoms with Crippen molar-refractivity contribution < 1.29 is 4.79 Å². The standard InChI is InChI=1S/C9H8Cl2N2OS/c1-12-9(15)13-8(14)5-2-6(10)4-7(11)3-5/h2-4H,1H3,(H2,12,13,14,15). The number of carbonyl (C=O) groups excluding carboxylic acids is 1. The third kappa shape index (κ3) is 3.66. The summed E-state index contributed by atoms with van der Waals surface area (Å²) in [4.78, 5) is 11.6. The highest BCUT2D eigenvalue weighted by molar-refractivity contribution is 7.80. The SMILES string of the molecule is CNC(=S)NC(=O)c1cc(Cl)cc(Cl)c1. The molecule has 0 aliphatic heterocycles. The Bertz CT molecular complexity index is 389. The van der Waals surface area contributed by atoms with E-state index in [4.69, 9.17) is 35.4 Å². The number of rotatable bonds is 1. The average molecular weight is 263 g/mol. The number of nitrogens with one attached hydrogen (secondary N) is 2. The highest BCUT2D eigenvalue weighted by atomic mass is 35.5. The van der Waals surface area contributed by atoms with Gasteiger partial charge in [0.1, 0.15) is 0 Å². The highest BCUT2D eigenvalue weighted by Gasteiger charge is 2.08. The van der Waals surface area contributed by atoms with Crippen molar-refractivity contribution in [2.24, 2.45) is 0 Å². The van der Waals surface area contributed by atoms with E-state index < -0.39 is 0 Å². The Balaban J connectivity index is 2.86. The molecule has 0 aliphatic carbocycles. The summed E-state index contributed by atoms with van der Waals surface area (Å²) in [6.07, 6.45) is 0. The smallest absolute Gasteiger partial charge is 0.257 e. The van der Waals surface area contributed by atoms with Crippen LogP contribution in [0.25, 0.3) is 0 Å². The van der Waals surface area contributed by atoms with Gasteiger partial charge in [0.25, 0.3) is 5.91 Å². The van der Waals surface area contributed by atoms with Gasteiger partial charge in [0.15, 0.2) is 5.11 Å². The van der Waals surface area contributed by atoms with Gasteiger partial charge in [-0.2, -0.15) is 0 Å². The summed E-state index contributed by atoms with van der Waals surface area (Å²) >= 11 is 16.3. The van der Waals surface area contributed by atoms with Crippen LogP contribution in [0.3, 0.4) is 0 Å². The second-order valence-electron chi connectivity index (χ2n) is 2.69. The molecule has 0 spiro atoms. The molecule has 0 saturated carbocycles. The molecular formula is C9H8Cl2N2OS. The maximum atomic E-state index is 11.6. The zero-order chi connectivity index (χ0) is 11.4. The monoisotopic (exact) mass is 262 g/mol. The van der Waals surface area contributed by atoms with Crippen LogP contribution in [0.5, 0.6) is 0 Å². The van der Waals surface area contributed by atoms with E-state index in [0.717, 1.165) is 0 Å². The van der Waals surface area contributed by atoms with Crippen LogP contribution in [-0.4, -0.2) is 18.1 Å². The zero-order valence-electron chi connectivity index (χ0n) is 7.80. The van der Waals surface area contributed by atoms with Gasteiger partial charge < -0.3 is 5.32 Å². The van der Waals surface area contributed by atoms with E-state index in [1.54, 1.807) is 13.1 Å². The van der Waals surface area contributed by atoms with E-state index >= 15 is 0 Å². The number of benzene rings is 1. The van der Waals surface area contributed by atoms with E-state index in [1.807, 2.05) is 0 Å². The number of halogens is 2. The van der Waals surface area contributed by atoms with Gasteiger partial charge in [-0.25, -0.2) is 0 Å². The Hall–Kier alpha value is -0.840. The highest BCUT2D eigenvalue weighted by Crippen LogP contribution is 2.18. The zero-order valence-corrected chi connectivity index (χ0v) is 10.1. The first-order valence-corrected chi connectivity index (χ1v) is 5.18. The van der Waals surface area contributed by atoms with Crippen LogP contribution in [0.1, 0.15) is 10.4 Å². The van der Waals surface area contributed by atoms with Gasteiger partial charge in [-0.1, -0.05) is 23.2 Å². The maximum absolute atomic E-state index is 11.6. The Morgan fingerprint density at radius 1 is 1.27 bits per heavy atom. The number of carbonyl (C=O) groups is 1. The molecule has 1 rings (SSSR count). The lowest BCUT2D eigenvalue weighted by atomic mass is 10.2. The summed E-state index contributed by atoms with van der Waals surface area (Å²) in [5, 5.41) is 6.15. The van der Waals surface area contributed by atoms with Crippen molar-refractivity contribution in [3.63, 3.8) is 0 Å². The van der Waals surface area contributed by atoms with Crippen molar-refractivity contribution in [1.29, 1.82) is 0 Å². The molecular weight excluding hydrogens is 255 g/mol. The number of hydrogen-bond acceptors (Lipinski definition) is 2. The molecule has 0 radical (unpaired) electrons. The molecule has 1 amide bonds. The fourth-order valence-electron chi connectivity index (χ4n) is 0.923. The van der Waals surface area contributed by atoms with E-state index in [0.29, 0.717) is 15.6 Å². The molecule has 0 aromatic heterocycles. The van der Waals surface area contributed by atoms with Gasteiger partial charge in [0, 0.05) is 22.7 Å². The number of amides is 1. The first kappa shape index (κ1) is 12.2. The lowest BCUT2D eigenvalue weighted by Gasteiger charge is -2.06. The van der Waals surface area contributed by atoms with Gasteiger partial charge in [0.2, 0.25) is 0 Å². The van der Waals surface area contributed by atoms with Crippen molar-refractivity contribution >= 4 is 46.4 Å². The minimum Gasteiger partial charge on any atom is -0.365 e. The molecule has 0 heterocycles. The summed E-state index contributed by atoms with van der Waals surface area (Å²) in [6, 6.07) is 4.58. The summed E-state index contributed by atoms with van der Waals surface area (Å²) in [6.45, 7) is 0. The van der Waals surface area contributed by atoms with Crippen LogP contribution in [0.2, 0.25) is 10.0 Å². The minimum absolute atomic E-state index is 0.246. The Kier molecular flexibility index (Phi) is 4.32. The van der Waals surface area contributed by atoms with Crippen LogP contribution in [0.4, 0.5) is 0 Å². The second kappa shape index (κ2) is 5.30. The Morgan fingerprint density at radius 3 is 2.27 bits per heavy atom. The molecule has 6 heteroatoms. The van der Waals surface area contributed by atoms with Gasteiger partial charge in [-0.3, -0.25) is 10.1 Å². The fraction of sp³-hybridized carbons (Fsp3) is 0.111. The topological polar surface area (TPSA) is 41.1 Å². The van der Waals surface area contributed by atoms with E-state index in [9.17, 15) is 4.79 Å². The Morgan fingerprint density at radius 2 is 1.80 bits per heavy atom. The van der Waals surface area contributed by atoms with Crippen molar-refractivity contribution in [3.05, 3.63) is 33.8 Å². The number of thiocarbonyl (C=S) groups is 1. The van der Waals surface area contributed by atoms with Crippen LogP contribution in [0, 0.1) is 0 Å². The molecule has 0 saturated heterocycles. The van der Waals surface area contributed by atoms with Gasteiger partial charge in [-0.05, 0) is 30.4 Å². The molecule has 0 bridgehead atoms. The van der Waals surface area contributed by atoms with E-state index in [2.05, 4.69) is 10.6 Å². The molecule has 0 unspecified atom stereocenters. The lowest BCUT2D eigenvalue weighted by Crippen LogP contribution is -2.37. The minimum atomic E-state index is -0.348. The van der Waals surface area contributed by atoms with Crippen molar-refractivity contribution in [3.8, 4) is 0 Å². The predicted molar refractivity (Wildman–Crippen MR) is 65.6 cm³/mol. The van der Waals surface area contributed by atoms with E-state index in [1.165, 1.54) is 12.1 Å². The summed E-state index contributed by atoms with van der Waals surface area (Å²) in [7, 11) is 1.62. The van der Waals surface area contributed by atoms with Crippen LogP contribution in [0.15, 0.2) is 18.2 Å². The summed E-state index contributed by atoms with van der Waals surface area (Å²) in [5.41, 5.74) is 0.366. The molecule has 0 fully saturated rings. The van der Waals surface area contributed by atoms with Crippen molar-refractivity contribution in [2.75, 3.05) is 7.05 Å². The predicted octanol–water partition coefficient (Wildman–Crippen LogP) is 2.23. The van der Waals surface area contributed by atoms with Crippen molar-refractivity contribution in [1.82, 2.24) is 10.6 Å². The van der Waals surface area contributed by atoms with Gasteiger partial charge in [0.05, 0.1) is 0 Å². The molecule has 0 aliphatic rings. The molecule has 0 atom stereocenters. The molecule has 3 nitrogen and oxygen atoms in total. The first-order valence-electron chi connectivity index (χ1n) is 4.02. The third-order valence-corrected chi connectivity index (χ3v) is 2.32. The van der Waals surface area contributed by atoms with Crippen LogP contribution < -0.4 is 10.6 Å². The van der Waals surface area contributed by atoms with Gasteiger partial charge in [-0.15, -0.1) is 0 Å². The quantitative estimate of drug-likeness (QED) is 0.763. The third-order valence-electron chi connectivity index (χ3n) is 1.58. The van der Waals surface area contributed by atoms with Gasteiger partial charge >= 0.3 is 0 Å². The van der Waals surface area contributed by atoms with Crippen molar-refractivity contribution in [2.45, 2.75) is 0 Å². The van der Waals surface area contributed by atoms with Crippen LogP contribution in [-0.2, 0) is 0 Å². The second-order valence-corrected chi connectivity index (χ2v) is 3.97. The Labute approximate surface area is 103 Å². The molecule has 1 aromatic carbocycles. The average Bonchev–Trinajstić information content (AvgIpc) is 2.16. The van der Waals surface area contributed by atoms with E-state index in [-0.39, 0.29) is 11.0 Å². The molecule has 15 heavy (non-hydrogen) atoms. The fourth-order valence-corrected chi connectivity index (χ4v) is 1.54. The normalized spacial score (nSPS) is 9.53. The largest absolute Gasteiger partial charge is 0.365 e. The first-order chi connectivity index (χ1) is 7.02. The lowest BCUT2D eigenvalue weighted by molar-refractivity contribution is 0.0977. The van der Waals surface area contributed by atoms with Crippen LogP contribution >= 0.6 is 35.4 Å². The molecule has 1 aromatic rings. The number of hydrogen-bond donors (Lipinski definition) is 2. The summed E-state index contributed by atoms with van der Waals surface area (Å²) in [5.74, 6) is -0.348. The maximum Gasteiger partial charge on any atom is 0.257 e.